The maximum absolute atomic E-state index is 12.0. The van der Waals surface area contributed by atoms with Crippen molar-refractivity contribution >= 4 is 5.91 Å². The van der Waals surface area contributed by atoms with Gasteiger partial charge >= 0.3 is 0 Å². The summed E-state index contributed by atoms with van der Waals surface area (Å²) < 4.78 is 5.26. The largest absolute Gasteiger partial charge is 0.445 e. The van der Waals surface area contributed by atoms with E-state index in [-0.39, 0.29) is 5.91 Å². The first-order valence-corrected chi connectivity index (χ1v) is 6.25. The van der Waals surface area contributed by atoms with Crippen LogP contribution in [0, 0.1) is 27.7 Å². The van der Waals surface area contributed by atoms with E-state index in [0.717, 1.165) is 5.56 Å². The molecule has 0 saturated heterocycles. The van der Waals surface area contributed by atoms with Gasteiger partial charge in [0.05, 0.1) is 0 Å². The first kappa shape index (κ1) is 13.3. The van der Waals surface area contributed by atoms with Crippen LogP contribution in [0.5, 0.6) is 0 Å². The van der Waals surface area contributed by atoms with Gasteiger partial charge in [0.1, 0.15) is 5.76 Å². The quantitative estimate of drug-likeness (QED) is 0.921. The Balaban J connectivity index is 2.08. The van der Waals surface area contributed by atoms with Gasteiger partial charge in [0.2, 0.25) is 0 Å². The van der Waals surface area contributed by atoms with E-state index >= 15 is 0 Å². The van der Waals surface area contributed by atoms with E-state index in [1.807, 2.05) is 13.8 Å². The molecule has 4 heteroatoms. The van der Waals surface area contributed by atoms with Crippen molar-refractivity contribution in [1.29, 1.82) is 0 Å². The highest BCUT2D eigenvalue weighted by Gasteiger charge is 2.15. The molecule has 2 aromatic rings. The number of nitrogens with zero attached hydrogens (tertiary/aromatic N) is 1. The average Bonchev–Trinajstić information content (AvgIpc) is 2.69. The van der Waals surface area contributed by atoms with Gasteiger partial charge in [-0.05, 0) is 31.9 Å². The van der Waals surface area contributed by atoms with Gasteiger partial charge in [-0.15, -0.1) is 0 Å². The maximum atomic E-state index is 12.0. The molecular weight excluding hydrogens is 240 g/mol. The third-order valence-corrected chi connectivity index (χ3v) is 3.06. The van der Waals surface area contributed by atoms with Crippen LogP contribution in [0.3, 0.4) is 0 Å². The van der Waals surface area contributed by atoms with Crippen molar-refractivity contribution in [3.63, 3.8) is 0 Å². The van der Waals surface area contributed by atoms with Crippen LogP contribution in [0.2, 0.25) is 0 Å². The second-order valence-electron chi connectivity index (χ2n) is 4.75. The number of aromatic nitrogens is 1. The number of oxazole rings is 1. The molecule has 1 aromatic carbocycles. The van der Waals surface area contributed by atoms with E-state index in [1.165, 1.54) is 11.1 Å². The Bertz CT molecular complexity index is 615. The van der Waals surface area contributed by atoms with Gasteiger partial charge in [0.15, 0.2) is 11.6 Å². The lowest BCUT2D eigenvalue weighted by molar-refractivity contribution is 0.0945. The number of amides is 1. The minimum absolute atomic E-state index is 0.199. The van der Waals surface area contributed by atoms with Gasteiger partial charge in [0, 0.05) is 13.5 Å². The Morgan fingerprint density at radius 2 is 2.00 bits per heavy atom. The van der Waals surface area contributed by atoms with E-state index in [1.54, 1.807) is 13.8 Å². The molecule has 2 rings (SSSR count). The molecule has 0 aliphatic heterocycles. The lowest BCUT2D eigenvalue weighted by atomic mass is 10.1. The van der Waals surface area contributed by atoms with Gasteiger partial charge in [-0.3, -0.25) is 4.79 Å². The maximum Gasteiger partial charge on any atom is 0.273 e. The predicted molar refractivity (Wildman–Crippen MR) is 73.1 cm³/mol. The van der Waals surface area contributed by atoms with Crippen LogP contribution < -0.4 is 5.32 Å². The Labute approximate surface area is 112 Å². The molecule has 0 spiro atoms. The molecular formula is C15H18N2O2. The normalized spacial score (nSPS) is 10.5. The second-order valence-corrected chi connectivity index (χ2v) is 4.75. The molecule has 0 aliphatic rings. The number of hydrogen-bond donors (Lipinski definition) is 1. The summed E-state index contributed by atoms with van der Waals surface area (Å²) in [6, 6.07) is 6.20. The first-order valence-electron chi connectivity index (χ1n) is 6.25. The fourth-order valence-electron chi connectivity index (χ4n) is 1.99. The van der Waals surface area contributed by atoms with E-state index in [2.05, 4.69) is 28.5 Å². The predicted octanol–water partition coefficient (Wildman–Crippen LogP) is 2.84. The van der Waals surface area contributed by atoms with E-state index in [0.29, 0.717) is 23.9 Å². The van der Waals surface area contributed by atoms with Gasteiger partial charge in [-0.1, -0.05) is 23.8 Å². The number of nitrogens with one attached hydrogen (secondary N) is 1. The highest BCUT2D eigenvalue weighted by atomic mass is 16.4. The Morgan fingerprint density at radius 3 is 2.63 bits per heavy atom. The smallest absolute Gasteiger partial charge is 0.273 e. The highest BCUT2D eigenvalue weighted by Crippen LogP contribution is 2.12. The van der Waals surface area contributed by atoms with Crippen molar-refractivity contribution < 1.29 is 9.21 Å². The van der Waals surface area contributed by atoms with Crippen LogP contribution >= 0.6 is 0 Å². The van der Waals surface area contributed by atoms with Crippen molar-refractivity contribution in [1.82, 2.24) is 10.3 Å². The summed E-state index contributed by atoms with van der Waals surface area (Å²) in [6.07, 6.45) is 0. The summed E-state index contributed by atoms with van der Waals surface area (Å²) in [7, 11) is 0. The molecule has 1 heterocycles. The lowest BCUT2D eigenvalue weighted by Crippen LogP contribution is -2.24. The molecule has 0 radical (unpaired) electrons. The zero-order valence-electron chi connectivity index (χ0n) is 11.7. The minimum atomic E-state index is -0.199. The summed E-state index contributed by atoms with van der Waals surface area (Å²) >= 11 is 0. The molecule has 0 atom stereocenters. The Morgan fingerprint density at radius 1 is 1.26 bits per heavy atom. The molecule has 0 aliphatic carbocycles. The van der Waals surface area contributed by atoms with Crippen molar-refractivity contribution in [2.75, 3.05) is 0 Å². The standard InChI is InChI=1S/C15H18N2O2/c1-9-5-6-10(2)13(7-9)8-16-15(18)14-11(3)19-12(4)17-14/h5-7H,8H2,1-4H3,(H,16,18). The topological polar surface area (TPSA) is 55.1 Å². The number of carbonyl (C=O) groups is 1. The van der Waals surface area contributed by atoms with E-state index < -0.39 is 0 Å². The van der Waals surface area contributed by atoms with E-state index in [4.69, 9.17) is 4.42 Å². The molecule has 19 heavy (non-hydrogen) atoms. The van der Waals surface area contributed by atoms with Gasteiger partial charge in [0.25, 0.3) is 5.91 Å². The zero-order chi connectivity index (χ0) is 14.0. The molecule has 0 fully saturated rings. The summed E-state index contributed by atoms with van der Waals surface area (Å²) in [5.41, 5.74) is 3.83. The number of carbonyl (C=O) groups excluding carboxylic acids is 1. The van der Waals surface area contributed by atoms with Crippen LogP contribution in [0.4, 0.5) is 0 Å². The van der Waals surface area contributed by atoms with Gasteiger partial charge in [-0.25, -0.2) is 4.98 Å². The van der Waals surface area contributed by atoms with Crippen molar-refractivity contribution in [2.45, 2.75) is 34.2 Å². The number of aryl methyl sites for hydroxylation is 4. The summed E-state index contributed by atoms with van der Waals surface area (Å²) in [6.45, 7) is 8.04. The van der Waals surface area contributed by atoms with Crippen LogP contribution in [0.25, 0.3) is 0 Å². The molecule has 1 amide bonds. The third kappa shape index (κ3) is 3.02. The van der Waals surface area contributed by atoms with Crippen LogP contribution in [-0.4, -0.2) is 10.9 Å². The second kappa shape index (κ2) is 5.26. The van der Waals surface area contributed by atoms with E-state index in [9.17, 15) is 4.79 Å². The molecule has 100 valence electrons. The molecule has 0 bridgehead atoms. The number of benzene rings is 1. The van der Waals surface area contributed by atoms with Crippen molar-refractivity contribution in [2.24, 2.45) is 0 Å². The highest BCUT2D eigenvalue weighted by molar-refractivity contribution is 5.93. The van der Waals surface area contributed by atoms with Gasteiger partial charge in [-0.2, -0.15) is 0 Å². The van der Waals surface area contributed by atoms with Crippen molar-refractivity contribution in [3.8, 4) is 0 Å². The van der Waals surface area contributed by atoms with Crippen LogP contribution in [0.15, 0.2) is 22.6 Å². The number of rotatable bonds is 3. The van der Waals surface area contributed by atoms with Crippen LogP contribution in [0.1, 0.15) is 38.8 Å². The molecule has 0 unspecified atom stereocenters. The summed E-state index contributed by atoms with van der Waals surface area (Å²) in [5.74, 6) is 0.862. The zero-order valence-corrected chi connectivity index (χ0v) is 11.7. The minimum Gasteiger partial charge on any atom is -0.445 e. The van der Waals surface area contributed by atoms with Crippen molar-refractivity contribution in [3.05, 3.63) is 52.2 Å². The first-order chi connectivity index (χ1) is 8.97. The summed E-state index contributed by atoms with van der Waals surface area (Å²) in [4.78, 5) is 16.1. The Hall–Kier alpha value is -2.10. The molecule has 0 saturated carbocycles. The molecule has 4 nitrogen and oxygen atoms in total. The molecule has 1 N–H and O–H groups in total. The lowest BCUT2D eigenvalue weighted by Gasteiger charge is -2.08. The third-order valence-electron chi connectivity index (χ3n) is 3.06. The average molecular weight is 258 g/mol. The fraction of sp³-hybridized carbons (Fsp3) is 0.333. The molecule has 1 aromatic heterocycles. The monoisotopic (exact) mass is 258 g/mol. The van der Waals surface area contributed by atoms with Gasteiger partial charge < -0.3 is 9.73 Å². The summed E-state index contributed by atoms with van der Waals surface area (Å²) in [5, 5.41) is 2.88. The Kier molecular flexibility index (Phi) is 3.69. The van der Waals surface area contributed by atoms with Crippen LogP contribution in [-0.2, 0) is 6.54 Å². The SMILES string of the molecule is Cc1ccc(C)c(CNC(=O)c2nc(C)oc2C)c1. The number of hydrogen-bond acceptors (Lipinski definition) is 3. The fourth-order valence-corrected chi connectivity index (χ4v) is 1.99.